The Morgan fingerprint density at radius 3 is 2.53 bits per heavy atom. The molecule has 5 heteroatoms. The molecule has 0 spiro atoms. The van der Waals surface area contributed by atoms with E-state index in [-0.39, 0.29) is 5.82 Å². The van der Waals surface area contributed by atoms with Gasteiger partial charge in [-0.15, -0.1) is 0 Å². The van der Waals surface area contributed by atoms with Crippen molar-refractivity contribution in [3.05, 3.63) is 29.6 Å². The molecule has 1 unspecified atom stereocenters. The van der Waals surface area contributed by atoms with E-state index in [1.807, 2.05) is 4.90 Å². The lowest BCUT2D eigenvalue weighted by Gasteiger charge is -2.31. The second kappa shape index (κ2) is 4.81. The highest BCUT2D eigenvalue weighted by molar-refractivity contribution is 5.79. The number of benzene rings is 1. The normalized spacial score (nSPS) is 18.2. The lowest BCUT2D eigenvalue weighted by Crippen LogP contribution is -2.34. The van der Waals surface area contributed by atoms with Gasteiger partial charge in [0.25, 0.3) is 0 Å². The molecule has 2 rings (SSSR count). The Morgan fingerprint density at radius 1 is 1.47 bits per heavy atom. The van der Waals surface area contributed by atoms with Crippen LogP contribution in [0.5, 0.6) is 5.75 Å². The molecule has 1 aromatic carbocycles. The van der Waals surface area contributed by atoms with Gasteiger partial charge < -0.3 is 14.7 Å². The summed E-state index contributed by atoms with van der Waals surface area (Å²) in [5.41, 5.74) is -0.239. The number of ether oxygens (including phenoxy) is 1. The van der Waals surface area contributed by atoms with Gasteiger partial charge in [0.2, 0.25) is 0 Å². The van der Waals surface area contributed by atoms with Crippen molar-refractivity contribution in [1.29, 1.82) is 0 Å². The molecular formula is C14H18FNO3. The van der Waals surface area contributed by atoms with E-state index in [0.29, 0.717) is 24.2 Å². The lowest BCUT2D eigenvalue weighted by atomic mass is 9.88. The van der Waals surface area contributed by atoms with Gasteiger partial charge in [-0.25, -0.2) is 4.39 Å². The number of halogens is 1. The van der Waals surface area contributed by atoms with Crippen molar-refractivity contribution < 1.29 is 19.0 Å². The van der Waals surface area contributed by atoms with Crippen LogP contribution in [-0.2, 0) is 4.79 Å². The number of carboxylic acids is 1. The van der Waals surface area contributed by atoms with Gasteiger partial charge in [-0.05, 0) is 45.1 Å². The molecule has 1 N–H and O–H groups in total. The molecule has 1 aliphatic carbocycles. The maximum Gasteiger partial charge on any atom is 0.311 e. The monoisotopic (exact) mass is 267 g/mol. The Kier molecular flexibility index (Phi) is 3.49. The second-order valence-electron chi connectivity index (χ2n) is 5.21. The summed E-state index contributed by atoms with van der Waals surface area (Å²) in [7, 11) is 5.11. The molecule has 104 valence electrons. The molecule has 0 radical (unpaired) electrons. The highest BCUT2D eigenvalue weighted by atomic mass is 19.1. The summed E-state index contributed by atoms with van der Waals surface area (Å²) in [6.07, 6.45) is 1.20. The number of carbonyl (C=O) groups is 1. The molecule has 0 amide bonds. The van der Waals surface area contributed by atoms with Crippen LogP contribution in [0.25, 0.3) is 0 Å². The summed E-state index contributed by atoms with van der Waals surface area (Å²) in [5, 5.41) is 9.46. The fourth-order valence-corrected chi connectivity index (χ4v) is 2.73. The van der Waals surface area contributed by atoms with E-state index in [1.165, 1.54) is 19.2 Å². The number of aliphatic carboxylic acids is 1. The lowest BCUT2D eigenvalue weighted by molar-refractivity contribution is -0.146. The van der Waals surface area contributed by atoms with Crippen molar-refractivity contribution in [3.63, 3.8) is 0 Å². The molecule has 0 aromatic heterocycles. The van der Waals surface area contributed by atoms with Gasteiger partial charge in [-0.3, -0.25) is 4.79 Å². The summed E-state index contributed by atoms with van der Waals surface area (Å²) in [6.45, 7) is 0. The molecule has 0 bridgehead atoms. The smallest absolute Gasteiger partial charge is 0.311 e. The van der Waals surface area contributed by atoms with Crippen LogP contribution in [0.4, 0.5) is 4.39 Å². The van der Waals surface area contributed by atoms with Crippen LogP contribution >= 0.6 is 0 Å². The van der Waals surface area contributed by atoms with E-state index >= 15 is 0 Å². The second-order valence-corrected chi connectivity index (χ2v) is 5.21. The minimum atomic E-state index is -0.836. The topological polar surface area (TPSA) is 49.8 Å². The van der Waals surface area contributed by atoms with Gasteiger partial charge in [0.1, 0.15) is 11.6 Å². The van der Waals surface area contributed by atoms with Crippen molar-refractivity contribution in [1.82, 2.24) is 4.90 Å². The molecule has 1 aromatic rings. The Bertz CT molecular complexity index is 497. The van der Waals surface area contributed by atoms with Crippen molar-refractivity contribution in [2.75, 3.05) is 21.2 Å². The predicted octanol–water partition coefficient (Wildman–Crippen LogP) is 2.30. The maximum atomic E-state index is 13.5. The minimum absolute atomic E-state index is 0.385. The number of hydrogen-bond donors (Lipinski definition) is 1. The first-order chi connectivity index (χ1) is 8.92. The molecule has 4 nitrogen and oxygen atoms in total. The van der Waals surface area contributed by atoms with Gasteiger partial charge in [0.05, 0.1) is 18.6 Å². The van der Waals surface area contributed by atoms with Crippen molar-refractivity contribution in [3.8, 4) is 5.75 Å². The highest BCUT2D eigenvalue weighted by Crippen LogP contribution is 2.58. The molecule has 0 saturated heterocycles. The van der Waals surface area contributed by atoms with Crippen LogP contribution in [0.3, 0.4) is 0 Å². The Morgan fingerprint density at radius 2 is 2.11 bits per heavy atom. The van der Waals surface area contributed by atoms with Gasteiger partial charge in [-0.2, -0.15) is 0 Å². The van der Waals surface area contributed by atoms with Crippen LogP contribution in [0.1, 0.15) is 24.4 Å². The van der Waals surface area contributed by atoms with E-state index < -0.39 is 17.4 Å². The Balaban J connectivity index is 2.52. The third kappa shape index (κ3) is 2.30. The van der Waals surface area contributed by atoms with Gasteiger partial charge in [0, 0.05) is 5.56 Å². The predicted molar refractivity (Wildman–Crippen MR) is 68.7 cm³/mol. The Labute approximate surface area is 111 Å². The third-order valence-electron chi connectivity index (χ3n) is 3.74. The largest absolute Gasteiger partial charge is 0.496 e. The molecular weight excluding hydrogens is 249 g/mol. The first kappa shape index (κ1) is 13.8. The number of nitrogens with zero attached hydrogens (tertiary/aromatic N) is 1. The summed E-state index contributed by atoms with van der Waals surface area (Å²) < 4.78 is 18.7. The fraction of sp³-hybridized carbons (Fsp3) is 0.500. The molecule has 0 aliphatic heterocycles. The van der Waals surface area contributed by atoms with E-state index in [2.05, 4.69) is 0 Å². The zero-order chi connectivity index (χ0) is 14.2. The molecule has 1 saturated carbocycles. The summed E-state index contributed by atoms with van der Waals surface area (Å²) in [5.74, 6) is -0.700. The molecule has 1 fully saturated rings. The van der Waals surface area contributed by atoms with Gasteiger partial charge >= 0.3 is 5.97 Å². The number of carboxylic acid groups (broad SMARTS) is 1. The molecule has 1 aliphatic rings. The first-order valence-electron chi connectivity index (χ1n) is 6.15. The highest BCUT2D eigenvalue weighted by Gasteiger charge is 2.58. The van der Waals surface area contributed by atoms with Crippen LogP contribution in [0, 0.1) is 11.2 Å². The maximum absolute atomic E-state index is 13.5. The quantitative estimate of drug-likeness (QED) is 0.889. The summed E-state index contributed by atoms with van der Waals surface area (Å²) in [4.78, 5) is 13.3. The van der Waals surface area contributed by atoms with Gasteiger partial charge in [-0.1, -0.05) is 0 Å². The zero-order valence-corrected chi connectivity index (χ0v) is 11.3. The van der Waals surface area contributed by atoms with E-state index in [9.17, 15) is 14.3 Å². The van der Waals surface area contributed by atoms with Crippen LogP contribution in [0.2, 0.25) is 0 Å². The van der Waals surface area contributed by atoms with Gasteiger partial charge in [0.15, 0.2) is 0 Å². The minimum Gasteiger partial charge on any atom is -0.496 e. The van der Waals surface area contributed by atoms with Crippen molar-refractivity contribution in [2.24, 2.45) is 5.41 Å². The van der Waals surface area contributed by atoms with Crippen LogP contribution < -0.4 is 4.74 Å². The zero-order valence-electron chi connectivity index (χ0n) is 11.3. The van der Waals surface area contributed by atoms with Crippen molar-refractivity contribution in [2.45, 2.75) is 18.9 Å². The van der Waals surface area contributed by atoms with Crippen LogP contribution in [0.15, 0.2) is 18.2 Å². The summed E-state index contributed by atoms with van der Waals surface area (Å²) >= 11 is 0. The van der Waals surface area contributed by atoms with E-state index in [0.717, 1.165) is 0 Å². The van der Waals surface area contributed by atoms with E-state index in [1.54, 1.807) is 20.2 Å². The fourth-order valence-electron chi connectivity index (χ4n) is 2.73. The number of methoxy groups -OCH3 is 1. The van der Waals surface area contributed by atoms with Crippen molar-refractivity contribution >= 4 is 5.97 Å². The average Bonchev–Trinajstić information content (AvgIpc) is 3.10. The van der Waals surface area contributed by atoms with Crippen LogP contribution in [-0.4, -0.2) is 37.2 Å². The Hall–Kier alpha value is -1.62. The SMILES string of the molecule is COc1ccc(F)cc1C(N(C)C)C1(C(=O)O)CC1. The third-order valence-corrected chi connectivity index (χ3v) is 3.74. The summed E-state index contributed by atoms with van der Waals surface area (Å²) in [6, 6.07) is 3.83. The molecule has 0 heterocycles. The van der Waals surface area contributed by atoms with E-state index in [4.69, 9.17) is 4.74 Å². The first-order valence-corrected chi connectivity index (χ1v) is 6.15. The average molecular weight is 267 g/mol. The number of hydrogen-bond acceptors (Lipinski definition) is 3. The number of rotatable bonds is 5. The molecule has 19 heavy (non-hydrogen) atoms. The standard InChI is InChI=1S/C14H18FNO3/c1-16(2)12(14(6-7-14)13(17)18)10-8-9(15)4-5-11(10)19-3/h4-5,8,12H,6-7H2,1-3H3,(H,17,18). The molecule has 1 atom stereocenters.